The highest BCUT2D eigenvalue weighted by atomic mass is 28.5. The Morgan fingerprint density at radius 3 is 1.58 bits per heavy atom. The van der Waals surface area contributed by atoms with E-state index in [-0.39, 0.29) is 0 Å². The minimum Gasteiger partial charge on any atom is -0.478 e. The van der Waals surface area contributed by atoms with Gasteiger partial charge in [-0.05, 0) is 59.2 Å². The van der Waals surface area contributed by atoms with Gasteiger partial charge in [0.25, 0.3) is 0 Å². The van der Waals surface area contributed by atoms with E-state index >= 15 is 0 Å². The van der Waals surface area contributed by atoms with Gasteiger partial charge in [0.1, 0.15) is 11.8 Å². The van der Waals surface area contributed by atoms with Crippen LogP contribution >= 0.6 is 0 Å². The van der Waals surface area contributed by atoms with Gasteiger partial charge in [0, 0.05) is 5.57 Å². The van der Waals surface area contributed by atoms with Gasteiger partial charge in [0.2, 0.25) is 0 Å². The molecule has 0 aliphatic heterocycles. The molecule has 0 aromatic rings. The maximum atomic E-state index is 10.2. The third kappa shape index (κ3) is 12.9. The first-order valence-electron chi connectivity index (χ1n) is 8.76. The molecule has 0 aliphatic carbocycles. The van der Waals surface area contributed by atoms with Crippen LogP contribution in [0.3, 0.4) is 0 Å². The molecular weight excluding hydrogens is 388 g/mol. The molecule has 0 aromatic carbocycles. The summed E-state index contributed by atoms with van der Waals surface area (Å²) in [6, 6.07) is 0. The Morgan fingerprint density at radius 1 is 1.00 bits per heavy atom. The number of hydrogen-bond acceptors (Lipinski definition) is 6. The van der Waals surface area contributed by atoms with Crippen molar-refractivity contribution in [2.75, 3.05) is 6.61 Å². The van der Waals surface area contributed by atoms with E-state index in [0.717, 1.165) is 6.42 Å². The highest BCUT2D eigenvalue weighted by molar-refractivity contribution is 6.88. The summed E-state index contributed by atoms with van der Waals surface area (Å²) >= 11 is 0. The van der Waals surface area contributed by atoms with Crippen LogP contribution in [0.4, 0.5) is 0 Å². The van der Waals surface area contributed by atoms with E-state index in [1.807, 2.05) is 46.2 Å². The third-order valence-electron chi connectivity index (χ3n) is 2.95. The van der Waals surface area contributed by atoms with E-state index in [0.29, 0.717) is 5.57 Å². The number of allylic oxidation sites excluding steroid dienone is 1. The van der Waals surface area contributed by atoms with Gasteiger partial charge >= 0.3 is 14.5 Å². The van der Waals surface area contributed by atoms with Crippen LogP contribution in [0, 0.1) is 0 Å². The average molecular weight is 427 g/mol. The number of carbonyl (C=O) groups is 1. The summed E-state index contributed by atoms with van der Waals surface area (Å²) < 4.78 is 12.1. The molecular formula is C16H38O7Si3. The Labute approximate surface area is 161 Å². The van der Waals surface area contributed by atoms with E-state index in [9.17, 15) is 15.0 Å². The lowest BCUT2D eigenvalue weighted by Crippen LogP contribution is -2.63. The molecule has 0 spiro atoms. The van der Waals surface area contributed by atoms with Crippen molar-refractivity contribution in [3.8, 4) is 0 Å². The molecule has 4 N–H and O–H groups in total. The molecule has 0 bridgehead atoms. The molecule has 0 aromatic heterocycles. The Kier molecular flexibility index (Phi) is 12.3. The second-order valence-electron chi connectivity index (χ2n) is 8.24. The number of aliphatic hydroxyl groups excluding tert-OH is 3. The largest absolute Gasteiger partial charge is 0.478 e. The molecule has 2 atom stereocenters. The number of hydrogen-bond donors (Lipinski definition) is 4. The van der Waals surface area contributed by atoms with Gasteiger partial charge in [0.15, 0.2) is 16.6 Å². The summed E-state index contributed by atoms with van der Waals surface area (Å²) in [5.74, 6) is -0.827. The fraction of sp³-hybridized carbons (Fsp3) is 0.812. The number of aliphatic hydroxyl groups is 3. The number of carboxylic acids is 1. The lowest BCUT2D eigenvalue weighted by Gasteiger charge is -2.42. The van der Waals surface area contributed by atoms with Crippen LogP contribution in [0.5, 0.6) is 0 Å². The van der Waals surface area contributed by atoms with Gasteiger partial charge in [-0.25, -0.2) is 4.79 Å². The quantitative estimate of drug-likeness (QED) is 0.330. The molecule has 2 unspecified atom stereocenters. The van der Waals surface area contributed by atoms with Crippen LogP contribution in [0.15, 0.2) is 11.6 Å². The molecule has 0 rings (SSSR count). The van der Waals surface area contributed by atoms with Crippen molar-refractivity contribution in [1.29, 1.82) is 0 Å². The first kappa shape index (κ1) is 27.9. The van der Waals surface area contributed by atoms with Crippen LogP contribution in [0.2, 0.25) is 45.8 Å². The van der Waals surface area contributed by atoms with Gasteiger partial charge in [-0.3, -0.25) is 0 Å². The molecule has 156 valence electrons. The molecule has 26 heavy (non-hydrogen) atoms. The molecule has 0 heterocycles. The highest BCUT2D eigenvalue weighted by Gasteiger charge is 2.49. The molecule has 10 heteroatoms. The summed E-state index contributed by atoms with van der Waals surface area (Å²) in [7, 11) is -6.75. The minimum atomic E-state index is -2.94. The lowest BCUT2D eigenvalue weighted by molar-refractivity contribution is -0.132. The zero-order chi connectivity index (χ0) is 21.3. The molecule has 0 amide bonds. The Balaban J connectivity index is 0. The molecule has 0 saturated carbocycles. The maximum absolute atomic E-state index is 10.2. The second kappa shape index (κ2) is 11.5. The van der Waals surface area contributed by atoms with Crippen LogP contribution in [-0.4, -0.2) is 70.0 Å². The van der Waals surface area contributed by atoms with E-state index in [2.05, 4.69) is 0 Å². The van der Waals surface area contributed by atoms with Crippen LogP contribution in [-0.2, 0) is 13.0 Å². The van der Waals surface area contributed by atoms with Crippen molar-refractivity contribution in [1.82, 2.24) is 0 Å². The Morgan fingerprint density at radius 2 is 1.38 bits per heavy atom. The molecule has 0 radical (unpaired) electrons. The number of rotatable bonds is 9. The monoisotopic (exact) mass is 426 g/mol. The van der Waals surface area contributed by atoms with Crippen LogP contribution in [0.1, 0.15) is 20.3 Å². The zero-order valence-corrected chi connectivity index (χ0v) is 20.7. The number of carboxylic acid groups (broad SMARTS) is 1. The fourth-order valence-electron chi connectivity index (χ4n) is 2.20. The standard InChI is InChI=1S/C10H28O5Si3.C6H10O2/c1-16(2,3)14-18(7,15-17(4,5)6)10(13)9(12)8-11;1-3-4-5(2)6(7)8/h9-13H,8H2,1-7H3;4H,3H2,1-2H3,(H,7,8). The summed E-state index contributed by atoms with van der Waals surface area (Å²) in [6.45, 7) is 16.9. The molecule has 0 aliphatic rings. The van der Waals surface area contributed by atoms with Crippen molar-refractivity contribution in [3.05, 3.63) is 11.6 Å². The highest BCUT2D eigenvalue weighted by Crippen LogP contribution is 2.25. The SMILES string of the molecule is CCC=C(C)C(=O)O.C[Si](C)(C)O[Si](C)(O[Si](C)(C)C)C(O)C(O)CO. The van der Waals surface area contributed by atoms with E-state index in [1.165, 1.54) is 0 Å². The predicted molar refractivity (Wildman–Crippen MR) is 111 cm³/mol. The Bertz CT molecular complexity index is 440. The minimum absolute atomic E-state index is 0.424. The van der Waals surface area contributed by atoms with Crippen molar-refractivity contribution in [2.24, 2.45) is 0 Å². The van der Waals surface area contributed by atoms with Gasteiger partial charge in [0.05, 0.1) is 6.61 Å². The van der Waals surface area contributed by atoms with Gasteiger partial charge in [-0.1, -0.05) is 13.0 Å². The first-order chi connectivity index (χ1) is 11.5. The van der Waals surface area contributed by atoms with Gasteiger partial charge < -0.3 is 28.7 Å². The summed E-state index contributed by atoms with van der Waals surface area (Å²) in [6.07, 6.45) is 1.26. The van der Waals surface area contributed by atoms with Crippen molar-refractivity contribution >= 4 is 31.2 Å². The smallest absolute Gasteiger partial charge is 0.346 e. The molecule has 0 saturated heterocycles. The lowest BCUT2D eigenvalue weighted by atomic mass is 10.2. The van der Waals surface area contributed by atoms with Gasteiger partial charge in [-0.2, -0.15) is 0 Å². The topological polar surface area (TPSA) is 116 Å². The van der Waals surface area contributed by atoms with Crippen molar-refractivity contribution in [3.63, 3.8) is 0 Å². The van der Waals surface area contributed by atoms with E-state index in [4.69, 9.17) is 18.4 Å². The predicted octanol–water partition coefficient (Wildman–Crippen LogP) is 2.44. The fourth-order valence-corrected chi connectivity index (χ4v) is 14.2. The third-order valence-corrected chi connectivity index (χ3v) is 12.6. The van der Waals surface area contributed by atoms with Crippen molar-refractivity contribution in [2.45, 2.75) is 77.9 Å². The summed E-state index contributed by atoms with van der Waals surface area (Å²) in [5.41, 5.74) is -0.714. The average Bonchev–Trinajstić information content (AvgIpc) is 2.42. The van der Waals surface area contributed by atoms with Crippen LogP contribution < -0.4 is 0 Å². The Hall–Kier alpha value is -0.339. The maximum Gasteiger partial charge on any atom is 0.346 e. The number of aliphatic carboxylic acids is 1. The summed E-state index contributed by atoms with van der Waals surface area (Å²) in [5, 5.41) is 37.1. The zero-order valence-electron chi connectivity index (χ0n) is 17.7. The molecule has 0 fully saturated rings. The first-order valence-corrected chi connectivity index (χ1v) is 18.0. The van der Waals surface area contributed by atoms with E-state index < -0.39 is 49.6 Å². The van der Waals surface area contributed by atoms with Crippen LogP contribution in [0.25, 0.3) is 0 Å². The summed E-state index contributed by atoms with van der Waals surface area (Å²) in [4.78, 5) is 10.0. The normalized spacial score (nSPS) is 15.8. The van der Waals surface area contributed by atoms with E-state index in [1.54, 1.807) is 19.5 Å². The second-order valence-corrected chi connectivity index (χ2v) is 20.9. The van der Waals surface area contributed by atoms with Crippen molar-refractivity contribution < 1.29 is 33.5 Å². The van der Waals surface area contributed by atoms with Gasteiger partial charge in [-0.15, -0.1) is 0 Å². The molecule has 7 nitrogen and oxygen atoms in total.